The molecule has 20 heavy (non-hydrogen) atoms. The summed E-state index contributed by atoms with van der Waals surface area (Å²) in [6.07, 6.45) is 0.904. The Morgan fingerprint density at radius 1 is 1.75 bits per heavy atom. The Kier molecular flexibility index (Phi) is 4.12. The van der Waals surface area contributed by atoms with E-state index in [4.69, 9.17) is 15.1 Å². The first-order valence-electron chi connectivity index (χ1n) is 6.10. The second kappa shape index (κ2) is 5.81. The van der Waals surface area contributed by atoms with E-state index >= 15 is 0 Å². The number of ether oxygens (including phenoxy) is 1. The molecule has 2 unspecified atom stereocenters. The van der Waals surface area contributed by atoms with Crippen LogP contribution in [0.1, 0.15) is 12.5 Å². The summed E-state index contributed by atoms with van der Waals surface area (Å²) in [5, 5.41) is 29.1. The van der Waals surface area contributed by atoms with Crippen molar-refractivity contribution in [3.05, 3.63) is 27.9 Å². The van der Waals surface area contributed by atoms with E-state index in [1.807, 2.05) is 13.0 Å². The van der Waals surface area contributed by atoms with Crippen molar-refractivity contribution in [3.63, 3.8) is 0 Å². The number of aliphatic hydroxyl groups excluding tert-OH is 1. The SMILES string of the molecule is CC1COC(CO)CN1c1ncc(C#N)cc1[N+](=O)[O-]. The van der Waals surface area contributed by atoms with E-state index in [0.29, 0.717) is 13.2 Å². The van der Waals surface area contributed by atoms with Crippen LogP contribution in [0.25, 0.3) is 0 Å². The summed E-state index contributed by atoms with van der Waals surface area (Å²) in [7, 11) is 0. The van der Waals surface area contributed by atoms with Crippen LogP contribution >= 0.6 is 0 Å². The van der Waals surface area contributed by atoms with Crippen LogP contribution in [-0.2, 0) is 4.74 Å². The van der Waals surface area contributed by atoms with Crippen molar-refractivity contribution in [2.24, 2.45) is 0 Å². The summed E-state index contributed by atoms with van der Waals surface area (Å²) in [5.74, 6) is 0.197. The lowest BCUT2D eigenvalue weighted by Gasteiger charge is -2.37. The third-order valence-corrected chi connectivity index (χ3v) is 3.15. The van der Waals surface area contributed by atoms with Crippen LogP contribution in [0.4, 0.5) is 11.5 Å². The fourth-order valence-electron chi connectivity index (χ4n) is 2.09. The van der Waals surface area contributed by atoms with Gasteiger partial charge in [-0.2, -0.15) is 5.26 Å². The van der Waals surface area contributed by atoms with Crippen molar-refractivity contribution in [2.45, 2.75) is 19.1 Å². The van der Waals surface area contributed by atoms with E-state index in [2.05, 4.69) is 4.98 Å². The molecule has 0 radical (unpaired) electrons. The predicted molar refractivity (Wildman–Crippen MR) is 69.2 cm³/mol. The van der Waals surface area contributed by atoms with Gasteiger partial charge in [-0.3, -0.25) is 10.1 Å². The molecule has 8 nitrogen and oxygen atoms in total. The minimum absolute atomic E-state index is 0.100. The second-order valence-corrected chi connectivity index (χ2v) is 4.57. The summed E-state index contributed by atoms with van der Waals surface area (Å²) < 4.78 is 5.39. The molecule has 0 amide bonds. The number of nitro groups is 1. The number of hydrogen-bond donors (Lipinski definition) is 1. The Bertz CT molecular complexity index is 557. The largest absolute Gasteiger partial charge is 0.394 e. The summed E-state index contributed by atoms with van der Waals surface area (Å²) in [5.41, 5.74) is -0.0745. The minimum atomic E-state index is -0.556. The molecule has 2 heterocycles. The van der Waals surface area contributed by atoms with Gasteiger partial charge in [-0.25, -0.2) is 4.98 Å². The number of pyridine rings is 1. The lowest BCUT2D eigenvalue weighted by atomic mass is 10.1. The van der Waals surface area contributed by atoms with Gasteiger partial charge in [-0.05, 0) is 6.92 Å². The van der Waals surface area contributed by atoms with Gasteiger partial charge in [-0.15, -0.1) is 0 Å². The molecule has 106 valence electrons. The van der Waals surface area contributed by atoms with Crippen molar-refractivity contribution in [2.75, 3.05) is 24.7 Å². The zero-order valence-corrected chi connectivity index (χ0v) is 10.9. The molecule has 0 spiro atoms. The monoisotopic (exact) mass is 278 g/mol. The van der Waals surface area contributed by atoms with Crippen LogP contribution in [0.15, 0.2) is 12.3 Å². The van der Waals surface area contributed by atoms with Crippen LogP contribution in [0.5, 0.6) is 0 Å². The van der Waals surface area contributed by atoms with Crippen LogP contribution in [-0.4, -0.2) is 46.9 Å². The first kappa shape index (κ1) is 14.2. The first-order valence-corrected chi connectivity index (χ1v) is 6.10. The maximum Gasteiger partial charge on any atom is 0.312 e. The highest BCUT2D eigenvalue weighted by Gasteiger charge is 2.31. The third kappa shape index (κ3) is 2.68. The second-order valence-electron chi connectivity index (χ2n) is 4.57. The summed E-state index contributed by atoms with van der Waals surface area (Å²) in [6, 6.07) is 2.94. The van der Waals surface area contributed by atoms with Gasteiger partial charge in [-0.1, -0.05) is 0 Å². The van der Waals surface area contributed by atoms with Crippen molar-refractivity contribution < 1.29 is 14.8 Å². The molecular weight excluding hydrogens is 264 g/mol. The normalized spacial score (nSPS) is 22.4. The number of anilines is 1. The number of aromatic nitrogens is 1. The van der Waals surface area contributed by atoms with Crippen LogP contribution in [0.3, 0.4) is 0 Å². The van der Waals surface area contributed by atoms with Gasteiger partial charge < -0.3 is 14.7 Å². The number of nitriles is 1. The standard InChI is InChI=1S/C12H14N4O4/c1-8-7-20-10(6-17)5-15(8)12-11(16(18)19)2-9(3-13)4-14-12/h2,4,8,10,17H,5-7H2,1H3. The molecule has 0 aliphatic carbocycles. The molecule has 2 rings (SSSR count). The first-order chi connectivity index (χ1) is 9.56. The molecule has 1 aromatic rings. The van der Waals surface area contributed by atoms with Crippen molar-refractivity contribution in [1.82, 2.24) is 4.98 Å². The number of aliphatic hydroxyl groups is 1. The maximum atomic E-state index is 11.1. The smallest absolute Gasteiger partial charge is 0.312 e. The molecule has 1 aliphatic heterocycles. The van der Waals surface area contributed by atoms with E-state index in [9.17, 15) is 10.1 Å². The average molecular weight is 278 g/mol. The Morgan fingerprint density at radius 2 is 2.50 bits per heavy atom. The third-order valence-electron chi connectivity index (χ3n) is 3.15. The van der Waals surface area contributed by atoms with Crippen molar-refractivity contribution >= 4 is 11.5 Å². The van der Waals surface area contributed by atoms with Crippen LogP contribution in [0, 0.1) is 21.4 Å². The molecule has 1 N–H and O–H groups in total. The lowest BCUT2D eigenvalue weighted by molar-refractivity contribution is -0.384. The average Bonchev–Trinajstić information content (AvgIpc) is 2.47. The lowest BCUT2D eigenvalue weighted by Crippen LogP contribution is -2.50. The van der Waals surface area contributed by atoms with E-state index in [-0.39, 0.29) is 29.7 Å². The highest BCUT2D eigenvalue weighted by Crippen LogP contribution is 2.29. The van der Waals surface area contributed by atoms with Gasteiger partial charge in [0.25, 0.3) is 0 Å². The summed E-state index contributed by atoms with van der Waals surface area (Å²) in [4.78, 5) is 16.3. The molecule has 2 atom stereocenters. The maximum absolute atomic E-state index is 11.1. The highest BCUT2D eigenvalue weighted by atomic mass is 16.6. The Labute approximate surface area is 115 Å². The Morgan fingerprint density at radius 3 is 3.10 bits per heavy atom. The fourth-order valence-corrected chi connectivity index (χ4v) is 2.09. The van der Waals surface area contributed by atoms with E-state index < -0.39 is 11.0 Å². The van der Waals surface area contributed by atoms with E-state index in [1.165, 1.54) is 12.3 Å². The molecule has 1 aliphatic rings. The predicted octanol–water partition coefficient (Wildman–Crippen LogP) is 0.447. The van der Waals surface area contributed by atoms with Gasteiger partial charge in [0.1, 0.15) is 6.07 Å². The fraction of sp³-hybridized carbons (Fsp3) is 0.500. The molecule has 1 aromatic heterocycles. The topological polar surface area (TPSA) is 113 Å². The number of rotatable bonds is 3. The summed E-state index contributed by atoms with van der Waals surface area (Å²) >= 11 is 0. The minimum Gasteiger partial charge on any atom is -0.394 e. The Hall–Kier alpha value is -2.24. The Balaban J connectivity index is 2.40. The van der Waals surface area contributed by atoms with Crippen LogP contribution < -0.4 is 4.90 Å². The quantitative estimate of drug-likeness (QED) is 0.630. The molecule has 0 aromatic carbocycles. The molecule has 8 heteroatoms. The van der Waals surface area contributed by atoms with Gasteiger partial charge in [0, 0.05) is 18.8 Å². The van der Waals surface area contributed by atoms with Gasteiger partial charge in [0.2, 0.25) is 5.82 Å². The molecule has 1 fully saturated rings. The zero-order chi connectivity index (χ0) is 14.7. The molecule has 0 saturated carbocycles. The molecular formula is C12H14N4O4. The van der Waals surface area contributed by atoms with Crippen LogP contribution in [0.2, 0.25) is 0 Å². The van der Waals surface area contributed by atoms with Gasteiger partial charge in [0.05, 0.1) is 35.8 Å². The van der Waals surface area contributed by atoms with E-state index in [0.717, 1.165) is 0 Å². The zero-order valence-electron chi connectivity index (χ0n) is 10.9. The molecule has 1 saturated heterocycles. The van der Waals surface area contributed by atoms with Crippen molar-refractivity contribution in [1.29, 1.82) is 5.26 Å². The van der Waals surface area contributed by atoms with Crippen molar-refractivity contribution in [3.8, 4) is 6.07 Å². The number of nitrogens with zero attached hydrogens (tertiary/aromatic N) is 4. The molecule has 0 bridgehead atoms. The van der Waals surface area contributed by atoms with E-state index in [1.54, 1.807) is 4.90 Å². The number of morpholine rings is 1. The number of hydrogen-bond acceptors (Lipinski definition) is 7. The summed E-state index contributed by atoms with van der Waals surface area (Å²) in [6.45, 7) is 2.37. The van der Waals surface area contributed by atoms with Gasteiger partial charge >= 0.3 is 5.69 Å². The highest BCUT2D eigenvalue weighted by molar-refractivity contribution is 5.60. The van der Waals surface area contributed by atoms with Gasteiger partial charge in [0.15, 0.2) is 0 Å².